The number of guanidine groups is 1. The van der Waals surface area contributed by atoms with Crippen LogP contribution in [0, 0.1) is 0 Å². The molecule has 1 aliphatic rings. The molecule has 0 fully saturated rings. The molecule has 0 saturated heterocycles. The number of aliphatic imine (C=N–C) groups is 1. The molecule has 26 heavy (non-hydrogen) atoms. The number of halogens is 4. The molecule has 0 radical (unpaired) electrons. The van der Waals surface area contributed by atoms with E-state index in [0.717, 1.165) is 11.3 Å². The molecule has 1 aromatic heterocycles. The summed E-state index contributed by atoms with van der Waals surface area (Å²) in [6, 6.07) is 5.55. The van der Waals surface area contributed by atoms with Gasteiger partial charge < -0.3 is 24.7 Å². The topological polar surface area (TPSA) is 59.8 Å². The molecule has 0 spiro atoms. The molecule has 0 saturated carbocycles. The van der Waals surface area contributed by atoms with Gasteiger partial charge in [0, 0.05) is 26.3 Å². The highest BCUT2D eigenvalue weighted by molar-refractivity contribution is 14.0. The number of rotatable bonds is 4. The fourth-order valence-electron chi connectivity index (χ4n) is 2.46. The third-order valence-corrected chi connectivity index (χ3v) is 4.95. The van der Waals surface area contributed by atoms with Crippen molar-refractivity contribution in [2.24, 2.45) is 12.0 Å². The zero-order valence-corrected chi connectivity index (χ0v) is 18.7. The predicted molar refractivity (Wildman–Crippen MR) is 115 cm³/mol. The lowest BCUT2D eigenvalue weighted by molar-refractivity contribution is 0.174. The summed E-state index contributed by atoms with van der Waals surface area (Å²) < 4.78 is 12.5. The van der Waals surface area contributed by atoms with Gasteiger partial charge in [-0.15, -0.1) is 24.0 Å². The van der Waals surface area contributed by atoms with Crippen LogP contribution in [0.15, 0.2) is 23.2 Å². The summed E-state index contributed by atoms with van der Waals surface area (Å²) in [5.74, 6) is 1.88. The maximum atomic E-state index is 6.19. The number of hydrogen-bond donors (Lipinski definition) is 2. The van der Waals surface area contributed by atoms with Gasteiger partial charge in [0.25, 0.3) is 0 Å². The van der Waals surface area contributed by atoms with Crippen LogP contribution in [0.5, 0.6) is 11.5 Å². The van der Waals surface area contributed by atoms with E-state index in [1.165, 1.54) is 0 Å². The third kappa shape index (κ3) is 4.62. The number of fused-ring (bicyclic) bond motifs is 1. The Bertz CT molecular complexity index is 826. The molecule has 0 bridgehead atoms. The van der Waals surface area contributed by atoms with Crippen molar-refractivity contribution in [2.45, 2.75) is 13.1 Å². The second kappa shape index (κ2) is 9.25. The normalized spacial score (nSPS) is 12.7. The van der Waals surface area contributed by atoms with Crippen molar-refractivity contribution in [1.29, 1.82) is 0 Å². The van der Waals surface area contributed by atoms with Gasteiger partial charge in [0.15, 0.2) is 17.5 Å². The standard InChI is InChI=1S/C16H17Cl3N4O2.HI/c1-20-16(22-7-10-5-12(18)15(19)23(10)2)21-6-9-3-11(17)14-13(4-9)24-8-25-14;/h3-5H,6-8H2,1-2H3,(H2,20,21,22);1H. The van der Waals surface area contributed by atoms with Crippen molar-refractivity contribution < 1.29 is 9.47 Å². The van der Waals surface area contributed by atoms with Gasteiger partial charge in [-0.2, -0.15) is 0 Å². The Morgan fingerprint density at radius 2 is 1.85 bits per heavy atom. The van der Waals surface area contributed by atoms with Gasteiger partial charge in [0.2, 0.25) is 6.79 Å². The summed E-state index contributed by atoms with van der Waals surface area (Å²) in [6.45, 7) is 1.26. The number of hydrogen-bond acceptors (Lipinski definition) is 3. The van der Waals surface area contributed by atoms with Gasteiger partial charge in [-0.3, -0.25) is 4.99 Å². The fraction of sp³-hybridized carbons (Fsp3) is 0.312. The Balaban J connectivity index is 0.00000243. The second-order valence-corrected chi connectivity index (χ2v) is 6.60. The number of nitrogens with zero attached hydrogens (tertiary/aromatic N) is 2. The molecule has 10 heteroatoms. The average molecular weight is 532 g/mol. The van der Waals surface area contributed by atoms with Crippen LogP contribution in [-0.4, -0.2) is 24.4 Å². The van der Waals surface area contributed by atoms with Crippen molar-refractivity contribution in [3.8, 4) is 11.5 Å². The lowest BCUT2D eigenvalue weighted by Gasteiger charge is -2.13. The van der Waals surface area contributed by atoms with E-state index in [0.29, 0.717) is 45.7 Å². The zero-order chi connectivity index (χ0) is 18.0. The van der Waals surface area contributed by atoms with Crippen molar-refractivity contribution in [2.75, 3.05) is 13.8 Å². The molecule has 2 heterocycles. The Hall–Kier alpha value is -1.03. The summed E-state index contributed by atoms with van der Waals surface area (Å²) in [5, 5.41) is 8.01. The van der Waals surface area contributed by atoms with Crippen molar-refractivity contribution in [3.05, 3.63) is 44.7 Å². The number of benzene rings is 1. The van der Waals surface area contributed by atoms with E-state index in [9.17, 15) is 0 Å². The highest BCUT2D eigenvalue weighted by Gasteiger charge is 2.18. The van der Waals surface area contributed by atoms with Crippen molar-refractivity contribution in [3.63, 3.8) is 0 Å². The molecule has 3 rings (SSSR count). The van der Waals surface area contributed by atoms with Crippen LogP contribution >= 0.6 is 58.8 Å². The van der Waals surface area contributed by atoms with E-state index in [1.807, 2.05) is 29.8 Å². The van der Waals surface area contributed by atoms with Crippen molar-refractivity contribution in [1.82, 2.24) is 15.2 Å². The number of nitrogens with one attached hydrogen (secondary N) is 2. The van der Waals surface area contributed by atoms with Crippen LogP contribution in [0.1, 0.15) is 11.3 Å². The van der Waals surface area contributed by atoms with E-state index in [4.69, 9.17) is 44.3 Å². The molecule has 0 unspecified atom stereocenters. The Morgan fingerprint density at radius 1 is 1.12 bits per heavy atom. The molecule has 0 aliphatic carbocycles. The van der Waals surface area contributed by atoms with E-state index in [1.54, 1.807) is 7.05 Å². The van der Waals surface area contributed by atoms with Crippen LogP contribution in [0.4, 0.5) is 0 Å². The molecule has 0 amide bonds. The summed E-state index contributed by atoms with van der Waals surface area (Å²) in [4.78, 5) is 4.20. The average Bonchev–Trinajstić information content (AvgIpc) is 3.16. The summed E-state index contributed by atoms with van der Waals surface area (Å²) in [5.41, 5.74) is 1.91. The highest BCUT2D eigenvalue weighted by Crippen LogP contribution is 2.39. The van der Waals surface area contributed by atoms with E-state index in [2.05, 4.69) is 15.6 Å². The lowest BCUT2D eigenvalue weighted by atomic mass is 10.2. The first-order chi connectivity index (χ1) is 12.0. The van der Waals surface area contributed by atoms with Crippen LogP contribution in [0.2, 0.25) is 15.2 Å². The smallest absolute Gasteiger partial charge is 0.231 e. The molecule has 142 valence electrons. The molecular formula is C16H18Cl3IN4O2. The van der Waals surface area contributed by atoms with E-state index in [-0.39, 0.29) is 30.8 Å². The van der Waals surface area contributed by atoms with Crippen molar-refractivity contribution >= 4 is 64.7 Å². The molecule has 2 aromatic rings. The minimum atomic E-state index is 0. The van der Waals surface area contributed by atoms with E-state index < -0.39 is 0 Å². The van der Waals surface area contributed by atoms with Crippen LogP contribution in [-0.2, 0) is 20.1 Å². The Labute approximate surface area is 183 Å². The first-order valence-electron chi connectivity index (χ1n) is 7.51. The van der Waals surface area contributed by atoms with Crippen LogP contribution in [0.25, 0.3) is 0 Å². The lowest BCUT2D eigenvalue weighted by Crippen LogP contribution is -2.36. The van der Waals surface area contributed by atoms with Gasteiger partial charge >= 0.3 is 0 Å². The first kappa shape index (κ1) is 21.3. The largest absolute Gasteiger partial charge is 0.454 e. The minimum absolute atomic E-state index is 0. The van der Waals surface area contributed by atoms with Crippen LogP contribution in [0.3, 0.4) is 0 Å². The summed E-state index contributed by atoms with van der Waals surface area (Å²) in [6.07, 6.45) is 0. The van der Waals surface area contributed by atoms with Gasteiger partial charge in [-0.1, -0.05) is 34.8 Å². The van der Waals surface area contributed by atoms with Crippen LogP contribution < -0.4 is 20.1 Å². The quantitative estimate of drug-likeness (QED) is 0.353. The first-order valence-corrected chi connectivity index (χ1v) is 8.65. The molecule has 6 nitrogen and oxygen atoms in total. The van der Waals surface area contributed by atoms with Gasteiger partial charge in [0.1, 0.15) is 5.15 Å². The Morgan fingerprint density at radius 3 is 2.50 bits per heavy atom. The molecule has 1 aliphatic heterocycles. The maximum Gasteiger partial charge on any atom is 0.231 e. The minimum Gasteiger partial charge on any atom is -0.454 e. The SMILES string of the molecule is CN=C(NCc1cc(Cl)c2c(c1)OCO2)NCc1cc(Cl)c(Cl)n1C.I. The van der Waals surface area contributed by atoms with Gasteiger partial charge in [-0.05, 0) is 23.8 Å². The number of aromatic nitrogens is 1. The van der Waals surface area contributed by atoms with E-state index >= 15 is 0 Å². The molecule has 2 N–H and O–H groups in total. The second-order valence-electron chi connectivity index (χ2n) is 5.42. The molecule has 1 aromatic carbocycles. The molecule has 0 atom stereocenters. The molecular weight excluding hydrogens is 513 g/mol. The third-order valence-electron chi connectivity index (χ3n) is 3.82. The van der Waals surface area contributed by atoms with Gasteiger partial charge in [-0.25, -0.2) is 0 Å². The summed E-state index contributed by atoms with van der Waals surface area (Å²) >= 11 is 18.3. The highest BCUT2D eigenvalue weighted by atomic mass is 127. The number of ether oxygens (including phenoxy) is 2. The zero-order valence-electron chi connectivity index (χ0n) is 14.1. The monoisotopic (exact) mass is 530 g/mol. The Kier molecular flexibility index (Phi) is 7.57. The van der Waals surface area contributed by atoms with Gasteiger partial charge in [0.05, 0.1) is 16.6 Å². The predicted octanol–water partition coefficient (Wildman–Crippen LogP) is 4.20. The fourth-order valence-corrected chi connectivity index (χ4v) is 3.17. The maximum absolute atomic E-state index is 6.19. The summed E-state index contributed by atoms with van der Waals surface area (Å²) in [7, 11) is 3.56.